The van der Waals surface area contributed by atoms with Crippen LogP contribution in [0.2, 0.25) is 0 Å². The fourth-order valence-corrected chi connectivity index (χ4v) is 3.16. The van der Waals surface area contributed by atoms with Gasteiger partial charge in [-0.25, -0.2) is 9.59 Å². The summed E-state index contributed by atoms with van der Waals surface area (Å²) in [5.74, 6) is -0.297. The molecule has 2 aliphatic rings. The first kappa shape index (κ1) is 12.2. The number of likely N-dealkylation sites (tertiary alicyclic amines) is 1. The van der Waals surface area contributed by atoms with Crippen LogP contribution >= 0.6 is 0 Å². The molecule has 96 valence electrons. The number of carbonyl (C=O) groups is 2. The van der Waals surface area contributed by atoms with Gasteiger partial charge in [-0.2, -0.15) is 0 Å². The highest BCUT2D eigenvalue weighted by Crippen LogP contribution is 2.42. The second-order valence-electron chi connectivity index (χ2n) is 5.02. The average molecular weight is 240 g/mol. The molecule has 1 saturated heterocycles. The number of rotatable bonds is 3. The highest BCUT2D eigenvalue weighted by Gasteiger charge is 2.49. The second kappa shape index (κ2) is 4.94. The normalized spacial score (nSPS) is 31.4. The molecule has 1 aliphatic heterocycles. The van der Waals surface area contributed by atoms with Crippen molar-refractivity contribution in [3.05, 3.63) is 0 Å². The van der Waals surface area contributed by atoms with Gasteiger partial charge in [0.2, 0.25) is 0 Å². The fourth-order valence-electron chi connectivity index (χ4n) is 3.16. The largest absolute Gasteiger partial charge is 0.480 e. The Labute approximate surface area is 101 Å². The van der Waals surface area contributed by atoms with Gasteiger partial charge in [-0.05, 0) is 31.1 Å². The van der Waals surface area contributed by atoms with Gasteiger partial charge in [0.15, 0.2) is 0 Å². The van der Waals surface area contributed by atoms with E-state index in [1.165, 1.54) is 4.90 Å². The third-order valence-corrected chi connectivity index (χ3v) is 3.93. The van der Waals surface area contributed by atoms with Crippen LogP contribution in [0.4, 0.5) is 4.79 Å². The van der Waals surface area contributed by atoms with E-state index in [1.807, 2.05) is 6.92 Å². The van der Waals surface area contributed by atoms with Crippen LogP contribution in [0.25, 0.3) is 0 Å². The molecular weight excluding hydrogens is 220 g/mol. The number of hydrogen-bond acceptors (Lipinski definition) is 2. The fraction of sp³-hybridized carbons (Fsp3) is 0.833. The molecule has 2 N–H and O–H groups in total. The zero-order valence-corrected chi connectivity index (χ0v) is 10.2. The summed E-state index contributed by atoms with van der Waals surface area (Å²) < 4.78 is 0. The number of amides is 2. The molecule has 3 atom stereocenters. The Hall–Kier alpha value is -1.26. The molecule has 0 bridgehead atoms. The number of carboxylic acids is 1. The molecule has 5 nitrogen and oxygen atoms in total. The molecule has 0 radical (unpaired) electrons. The number of aliphatic carboxylic acids is 1. The lowest BCUT2D eigenvalue weighted by Gasteiger charge is -2.24. The van der Waals surface area contributed by atoms with Gasteiger partial charge in [0.1, 0.15) is 6.04 Å². The molecule has 1 heterocycles. The highest BCUT2D eigenvalue weighted by atomic mass is 16.4. The van der Waals surface area contributed by atoms with Gasteiger partial charge in [0, 0.05) is 13.1 Å². The van der Waals surface area contributed by atoms with Crippen LogP contribution in [0.3, 0.4) is 0 Å². The van der Waals surface area contributed by atoms with E-state index in [4.69, 9.17) is 0 Å². The van der Waals surface area contributed by atoms with Crippen molar-refractivity contribution in [2.45, 2.75) is 38.6 Å². The predicted molar refractivity (Wildman–Crippen MR) is 62.7 cm³/mol. The summed E-state index contributed by atoms with van der Waals surface area (Å²) in [6, 6.07) is -0.826. The molecule has 0 aromatic rings. The van der Waals surface area contributed by atoms with Gasteiger partial charge in [-0.3, -0.25) is 0 Å². The Morgan fingerprint density at radius 2 is 2.18 bits per heavy atom. The number of carbonyl (C=O) groups excluding carboxylic acids is 1. The molecule has 0 aromatic carbocycles. The van der Waals surface area contributed by atoms with Crippen LogP contribution in [0.15, 0.2) is 0 Å². The van der Waals surface area contributed by atoms with Crippen molar-refractivity contribution in [2.24, 2.45) is 11.8 Å². The summed E-state index contributed by atoms with van der Waals surface area (Å²) in [7, 11) is 0. The number of nitrogens with one attached hydrogen (secondary N) is 1. The molecule has 2 amide bonds. The molecule has 1 saturated carbocycles. The van der Waals surface area contributed by atoms with Gasteiger partial charge < -0.3 is 15.3 Å². The van der Waals surface area contributed by atoms with E-state index in [0.29, 0.717) is 19.0 Å². The number of urea groups is 1. The smallest absolute Gasteiger partial charge is 0.326 e. The monoisotopic (exact) mass is 240 g/mol. The van der Waals surface area contributed by atoms with Crippen LogP contribution in [0.1, 0.15) is 32.6 Å². The van der Waals surface area contributed by atoms with Crippen LogP contribution < -0.4 is 5.32 Å². The lowest BCUT2D eigenvalue weighted by atomic mass is 9.94. The van der Waals surface area contributed by atoms with Gasteiger partial charge in [0.25, 0.3) is 0 Å². The molecule has 17 heavy (non-hydrogen) atoms. The minimum absolute atomic E-state index is 0.167. The van der Waals surface area contributed by atoms with Gasteiger partial charge in [-0.15, -0.1) is 0 Å². The van der Waals surface area contributed by atoms with Gasteiger partial charge in [-0.1, -0.05) is 13.3 Å². The number of hydrogen-bond donors (Lipinski definition) is 2. The van der Waals surface area contributed by atoms with Crippen LogP contribution in [0, 0.1) is 11.8 Å². The molecule has 2 fully saturated rings. The Morgan fingerprint density at radius 1 is 1.41 bits per heavy atom. The molecule has 0 aromatic heterocycles. The van der Waals surface area contributed by atoms with Crippen LogP contribution in [0.5, 0.6) is 0 Å². The van der Waals surface area contributed by atoms with Crippen molar-refractivity contribution in [3.8, 4) is 0 Å². The molecule has 5 heteroatoms. The zero-order valence-electron chi connectivity index (χ0n) is 10.2. The van der Waals surface area contributed by atoms with Crippen molar-refractivity contribution in [3.63, 3.8) is 0 Å². The standard InChI is InChI=1S/C12H20N2O3/c1-2-6-13-12(17)14-7-8-4-3-5-9(8)10(14)11(15)16/h8-10H,2-7H2,1H3,(H,13,17)(H,15,16). The van der Waals surface area contributed by atoms with Crippen molar-refractivity contribution in [1.82, 2.24) is 10.2 Å². The molecular formula is C12H20N2O3. The summed E-state index contributed by atoms with van der Waals surface area (Å²) in [6.07, 6.45) is 3.97. The lowest BCUT2D eigenvalue weighted by Crippen LogP contribution is -2.48. The lowest BCUT2D eigenvalue weighted by molar-refractivity contribution is -0.142. The molecule has 1 aliphatic carbocycles. The van der Waals surface area contributed by atoms with Crippen molar-refractivity contribution >= 4 is 12.0 Å². The van der Waals surface area contributed by atoms with Crippen molar-refractivity contribution in [1.29, 1.82) is 0 Å². The van der Waals surface area contributed by atoms with E-state index in [2.05, 4.69) is 5.32 Å². The van der Waals surface area contributed by atoms with Gasteiger partial charge in [0.05, 0.1) is 0 Å². The maximum absolute atomic E-state index is 11.9. The average Bonchev–Trinajstić information content (AvgIpc) is 2.83. The van der Waals surface area contributed by atoms with E-state index in [9.17, 15) is 14.7 Å². The van der Waals surface area contributed by atoms with E-state index < -0.39 is 12.0 Å². The minimum atomic E-state index is -0.856. The van der Waals surface area contributed by atoms with Gasteiger partial charge >= 0.3 is 12.0 Å². The third-order valence-electron chi connectivity index (χ3n) is 3.93. The number of carboxylic acid groups (broad SMARTS) is 1. The maximum Gasteiger partial charge on any atom is 0.326 e. The van der Waals surface area contributed by atoms with E-state index in [0.717, 1.165) is 25.7 Å². The first-order valence-corrected chi connectivity index (χ1v) is 6.42. The van der Waals surface area contributed by atoms with Crippen LogP contribution in [-0.4, -0.2) is 41.1 Å². The number of fused-ring (bicyclic) bond motifs is 1. The third kappa shape index (κ3) is 2.23. The topological polar surface area (TPSA) is 69.6 Å². The first-order chi connectivity index (χ1) is 8.15. The quantitative estimate of drug-likeness (QED) is 0.781. The number of nitrogens with zero attached hydrogens (tertiary/aromatic N) is 1. The van der Waals surface area contributed by atoms with Crippen LogP contribution in [-0.2, 0) is 4.79 Å². The predicted octanol–water partition coefficient (Wildman–Crippen LogP) is 1.29. The first-order valence-electron chi connectivity index (χ1n) is 6.42. The Bertz CT molecular complexity index is 319. The zero-order chi connectivity index (χ0) is 12.4. The SMILES string of the molecule is CCCNC(=O)N1CC2CCCC2C1C(=O)O. The van der Waals surface area contributed by atoms with E-state index in [1.54, 1.807) is 0 Å². The van der Waals surface area contributed by atoms with E-state index >= 15 is 0 Å². The van der Waals surface area contributed by atoms with Crippen molar-refractivity contribution < 1.29 is 14.7 Å². The summed E-state index contributed by atoms with van der Waals surface area (Å²) in [5.41, 5.74) is 0. The molecule has 0 spiro atoms. The summed E-state index contributed by atoms with van der Waals surface area (Å²) in [6.45, 7) is 3.20. The summed E-state index contributed by atoms with van der Waals surface area (Å²) in [5, 5.41) is 12.1. The van der Waals surface area contributed by atoms with E-state index in [-0.39, 0.29) is 11.9 Å². The molecule has 2 rings (SSSR count). The minimum Gasteiger partial charge on any atom is -0.480 e. The Balaban J connectivity index is 2.06. The maximum atomic E-state index is 11.9. The summed E-state index contributed by atoms with van der Waals surface area (Å²) in [4.78, 5) is 24.7. The summed E-state index contributed by atoms with van der Waals surface area (Å²) >= 11 is 0. The van der Waals surface area contributed by atoms with Crippen molar-refractivity contribution in [2.75, 3.05) is 13.1 Å². The molecule has 3 unspecified atom stereocenters. The Kier molecular flexibility index (Phi) is 3.54. The highest BCUT2D eigenvalue weighted by molar-refractivity contribution is 5.83. The Morgan fingerprint density at radius 3 is 2.82 bits per heavy atom. The second-order valence-corrected chi connectivity index (χ2v) is 5.02.